The first-order valence-corrected chi connectivity index (χ1v) is 11.8. The van der Waals surface area contributed by atoms with E-state index in [2.05, 4.69) is 36.4 Å². The lowest BCUT2D eigenvalue weighted by Gasteiger charge is -2.07. The van der Waals surface area contributed by atoms with E-state index in [1.165, 1.54) is 32.5 Å². The summed E-state index contributed by atoms with van der Waals surface area (Å²) in [6, 6.07) is 24.5. The van der Waals surface area contributed by atoms with Crippen LogP contribution in [0.15, 0.2) is 77.7 Å². The third-order valence-electron chi connectivity index (χ3n) is 4.65. The van der Waals surface area contributed by atoms with Crippen molar-refractivity contribution in [3.05, 3.63) is 88.3 Å². The fourth-order valence-electron chi connectivity index (χ4n) is 3.17. The van der Waals surface area contributed by atoms with Crippen LogP contribution in [0.4, 0.5) is 0 Å². The number of thiophene rings is 1. The van der Waals surface area contributed by atoms with E-state index in [1.54, 1.807) is 0 Å². The molecule has 4 aromatic rings. The van der Waals surface area contributed by atoms with Gasteiger partial charge in [-0.25, -0.2) is 0 Å². The first-order chi connectivity index (χ1) is 14.7. The van der Waals surface area contributed by atoms with Crippen LogP contribution in [0.1, 0.15) is 16.9 Å². The Morgan fingerprint density at radius 3 is 2.47 bits per heavy atom. The van der Waals surface area contributed by atoms with Crippen LogP contribution in [0.3, 0.4) is 0 Å². The Labute approximate surface area is 189 Å². The average molecular weight is 456 g/mol. The van der Waals surface area contributed by atoms with E-state index >= 15 is 0 Å². The van der Waals surface area contributed by atoms with E-state index in [1.807, 2.05) is 47.7 Å². The zero-order valence-corrected chi connectivity index (χ0v) is 18.7. The molecule has 0 spiro atoms. The highest BCUT2D eigenvalue weighted by molar-refractivity contribution is 7.97. The van der Waals surface area contributed by atoms with Gasteiger partial charge in [-0.3, -0.25) is 5.14 Å². The third-order valence-corrected chi connectivity index (χ3v) is 6.67. The van der Waals surface area contributed by atoms with E-state index in [-0.39, 0.29) is 0 Å². The first kappa shape index (κ1) is 21.1. The number of halogens is 1. The number of ether oxygens (including phenoxy) is 2. The van der Waals surface area contributed by atoms with Crippen molar-refractivity contribution in [1.82, 2.24) is 0 Å². The van der Waals surface area contributed by atoms with Gasteiger partial charge in [0.05, 0.1) is 13.2 Å². The maximum Gasteiger partial charge on any atom is 0.162 e. The summed E-state index contributed by atoms with van der Waals surface area (Å²) in [6.45, 7) is 1.44. The highest BCUT2D eigenvalue weighted by Gasteiger charge is 2.10. The molecule has 3 nitrogen and oxygen atoms in total. The molecule has 3 aromatic carbocycles. The standard InChI is InChI=1S/C15H11ClS.C9H11NO2S/c16-14-7-3-1-5-11(14)9-13-10-12-6-2-4-8-15(12)17-13;10-13-7-2-3-8-9(6-7)12-5-1-4-11-8/h1-8,10H,9H2;2-3,6H,1,4-5,10H2. The normalized spacial score (nSPS) is 12.7. The van der Waals surface area contributed by atoms with E-state index in [9.17, 15) is 0 Å². The second-order valence-corrected chi connectivity index (χ2v) is 9.08. The van der Waals surface area contributed by atoms with Gasteiger partial charge in [-0.15, -0.1) is 11.3 Å². The van der Waals surface area contributed by atoms with Gasteiger partial charge in [-0.2, -0.15) is 0 Å². The Morgan fingerprint density at radius 1 is 0.900 bits per heavy atom. The fourth-order valence-corrected chi connectivity index (χ4v) is 4.78. The Morgan fingerprint density at radius 2 is 1.67 bits per heavy atom. The molecule has 0 bridgehead atoms. The minimum Gasteiger partial charge on any atom is -0.490 e. The third kappa shape index (κ3) is 5.29. The zero-order valence-electron chi connectivity index (χ0n) is 16.3. The number of benzene rings is 3. The van der Waals surface area contributed by atoms with Crippen molar-refractivity contribution in [3.63, 3.8) is 0 Å². The van der Waals surface area contributed by atoms with Crippen LogP contribution in [0, 0.1) is 0 Å². The predicted molar refractivity (Wildman–Crippen MR) is 128 cm³/mol. The van der Waals surface area contributed by atoms with Crippen molar-refractivity contribution in [2.24, 2.45) is 5.14 Å². The topological polar surface area (TPSA) is 44.5 Å². The maximum absolute atomic E-state index is 6.18. The number of fused-ring (bicyclic) bond motifs is 2. The van der Waals surface area contributed by atoms with Gasteiger partial charge >= 0.3 is 0 Å². The van der Waals surface area contributed by atoms with Gasteiger partial charge in [0.25, 0.3) is 0 Å². The minimum atomic E-state index is 0.714. The van der Waals surface area contributed by atoms with Gasteiger partial charge in [0.1, 0.15) is 0 Å². The summed E-state index contributed by atoms with van der Waals surface area (Å²) < 4.78 is 12.3. The molecule has 6 heteroatoms. The van der Waals surface area contributed by atoms with Crippen LogP contribution in [0.25, 0.3) is 10.1 Å². The van der Waals surface area contributed by atoms with Gasteiger partial charge in [0.15, 0.2) is 11.5 Å². The van der Waals surface area contributed by atoms with Crippen molar-refractivity contribution in [1.29, 1.82) is 0 Å². The monoisotopic (exact) mass is 455 g/mol. The molecular formula is C24H22ClNO2S2. The number of hydrogen-bond donors (Lipinski definition) is 1. The number of rotatable bonds is 3. The van der Waals surface area contributed by atoms with Crippen molar-refractivity contribution in [3.8, 4) is 11.5 Å². The predicted octanol–water partition coefficient (Wildman–Crippen LogP) is 6.96. The molecule has 5 rings (SSSR count). The Balaban J connectivity index is 0.000000151. The van der Waals surface area contributed by atoms with Gasteiger partial charge < -0.3 is 9.47 Å². The van der Waals surface area contributed by atoms with Gasteiger partial charge in [0.2, 0.25) is 0 Å². The SMILES string of the molecule is Clc1ccccc1Cc1cc2ccccc2s1.NSc1ccc2c(c1)OCCCO2. The van der Waals surface area contributed by atoms with E-state index in [0.717, 1.165) is 40.9 Å². The van der Waals surface area contributed by atoms with E-state index in [0.29, 0.717) is 6.61 Å². The van der Waals surface area contributed by atoms with Gasteiger partial charge in [0, 0.05) is 32.3 Å². The quantitative estimate of drug-likeness (QED) is 0.339. The van der Waals surface area contributed by atoms with Crippen molar-refractivity contribution < 1.29 is 9.47 Å². The molecule has 0 aliphatic carbocycles. The average Bonchev–Trinajstić information content (AvgIpc) is 3.03. The van der Waals surface area contributed by atoms with E-state index < -0.39 is 0 Å². The molecule has 0 atom stereocenters. The van der Waals surface area contributed by atoms with Crippen LogP contribution in [0.5, 0.6) is 11.5 Å². The smallest absolute Gasteiger partial charge is 0.162 e. The molecule has 0 saturated carbocycles. The summed E-state index contributed by atoms with van der Waals surface area (Å²) in [6.07, 6.45) is 1.85. The lowest BCUT2D eigenvalue weighted by atomic mass is 10.1. The summed E-state index contributed by atoms with van der Waals surface area (Å²) in [5.41, 5.74) is 1.20. The van der Waals surface area contributed by atoms with Crippen LogP contribution in [0.2, 0.25) is 5.02 Å². The largest absolute Gasteiger partial charge is 0.490 e. The number of nitrogens with two attached hydrogens (primary N) is 1. The second kappa shape index (κ2) is 10.2. The molecular weight excluding hydrogens is 434 g/mol. The fraction of sp³-hybridized carbons (Fsp3) is 0.167. The molecule has 0 saturated heterocycles. The molecule has 1 aliphatic heterocycles. The molecule has 0 radical (unpaired) electrons. The second-order valence-electron chi connectivity index (χ2n) is 6.80. The van der Waals surface area contributed by atoms with Gasteiger partial charge in [-0.1, -0.05) is 48.0 Å². The summed E-state index contributed by atoms with van der Waals surface area (Å²) in [5, 5.41) is 7.61. The van der Waals surface area contributed by atoms with Crippen LogP contribution in [-0.4, -0.2) is 13.2 Å². The lowest BCUT2D eigenvalue weighted by Crippen LogP contribution is -1.97. The van der Waals surface area contributed by atoms with Crippen molar-refractivity contribution >= 4 is 45.0 Å². The first-order valence-electron chi connectivity index (χ1n) is 9.70. The van der Waals surface area contributed by atoms with Gasteiger partial charge in [-0.05, 0) is 59.3 Å². The maximum atomic E-state index is 6.18. The van der Waals surface area contributed by atoms with E-state index in [4.69, 9.17) is 26.2 Å². The molecule has 154 valence electrons. The van der Waals surface area contributed by atoms with Crippen LogP contribution in [-0.2, 0) is 6.42 Å². The highest BCUT2D eigenvalue weighted by atomic mass is 35.5. The molecule has 30 heavy (non-hydrogen) atoms. The number of hydrogen-bond acceptors (Lipinski definition) is 5. The molecule has 2 N–H and O–H groups in total. The molecule has 0 fully saturated rings. The highest BCUT2D eigenvalue weighted by Crippen LogP contribution is 2.32. The Kier molecular flexibility index (Phi) is 7.18. The summed E-state index contributed by atoms with van der Waals surface area (Å²) in [7, 11) is 0. The minimum absolute atomic E-state index is 0.714. The van der Waals surface area contributed by atoms with Crippen molar-refractivity contribution in [2.45, 2.75) is 17.7 Å². The van der Waals surface area contributed by atoms with Crippen LogP contribution >= 0.6 is 34.9 Å². The lowest BCUT2D eigenvalue weighted by molar-refractivity contribution is 0.297. The molecule has 0 amide bonds. The zero-order chi connectivity index (χ0) is 20.8. The summed E-state index contributed by atoms with van der Waals surface area (Å²) in [5.74, 6) is 1.61. The Bertz CT molecular complexity index is 1100. The Hall–Kier alpha value is -2.18. The van der Waals surface area contributed by atoms with Crippen LogP contribution < -0.4 is 14.6 Å². The van der Waals surface area contributed by atoms with Crippen molar-refractivity contribution in [2.75, 3.05) is 13.2 Å². The molecule has 2 heterocycles. The molecule has 0 unspecified atom stereocenters. The summed E-state index contributed by atoms with van der Waals surface area (Å²) >= 11 is 9.23. The molecule has 1 aromatic heterocycles. The summed E-state index contributed by atoms with van der Waals surface area (Å²) in [4.78, 5) is 2.35. The molecule has 1 aliphatic rings.